The molecule has 0 saturated heterocycles. The molecule has 1 heterocycles. The quantitative estimate of drug-likeness (QED) is 0.578. The van der Waals surface area contributed by atoms with Crippen LogP contribution in [0.4, 0.5) is 0 Å². The highest BCUT2D eigenvalue weighted by Crippen LogP contribution is 2.23. The zero-order valence-corrected chi connectivity index (χ0v) is 12.1. The van der Waals surface area contributed by atoms with Gasteiger partial charge in [0, 0.05) is 0 Å². The fraction of sp³-hybridized carbons (Fsp3) is 0.333. The Morgan fingerprint density at radius 1 is 1.05 bits per heavy atom. The first-order valence-corrected chi connectivity index (χ1v) is 6.99. The topological polar surface area (TPSA) is 44.2 Å². The van der Waals surface area contributed by atoms with Crippen molar-refractivity contribution in [2.45, 2.75) is 19.8 Å². The lowest BCUT2D eigenvalue weighted by Gasteiger charge is -2.11. The summed E-state index contributed by atoms with van der Waals surface area (Å²) in [4.78, 5) is 8.11. The van der Waals surface area contributed by atoms with Gasteiger partial charge >= 0.3 is 0 Å². The van der Waals surface area contributed by atoms with Crippen LogP contribution in [0, 0.1) is 0 Å². The first kappa shape index (κ1) is 14.6. The SMILES string of the molecule is CCCc1c(Cl)ncnc1OCCOc1ccccc1. The molecule has 0 fully saturated rings. The Balaban J connectivity index is 1.86. The molecule has 0 spiro atoms. The molecule has 1 aromatic carbocycles. The molecule has 1 aromatic heterocycles. The van der Waals surface area contributed by atoms with Crippen LogP contribution in [0.25, 0.3) is 0 Å². The van der Waals surface area contributed by atoms with E-state index in [-0.39, 0.29) is 0 Å². The summed E-state index contributed by atoms with van der Waals surface area (Å²) in [6.45, 7) is 2.95. The van der Waals surface area contributed by atoms with Crippen molar-refractivity contribution in [3.05, 3.63) is 47.4 Å². The second-order valence-corrected chi connectivity index (χ2v) is 4.57. The van der Waals surface area contributed by atoms with Crippen LogP contribution in [-0.2, 0) is 6.42 Å². The highest BCUT2D eigenvalue weighted by molar-refractivity contribution is 6.30. The number of para-hydroxylation sites is 1. The number of nitrogens with zero attached hydrogens (tertiary/aromatic N) is 2. The van der Waals surface area contributed by atoms with Crippen molar-refractivity contribution in [2.75, 3.05) is 13.2 Å². The Hall–Kier alpha value is -1.81. The van der Waals surface area contributed by atoms with Gasteiger partial charge in [0.05, 0.1) is 5.56 Å². The average molecular weight is 293 g/mol. The Morgan fingerprint density at radius 3 is 2.55 bits per heavy atom. The summed E-state index contributed by atoms with van der Waals surface area (Å²) in [5.74, 6) is 1.37. The third-order valence-electron chi connectivity index (χ3n) is 2.69. The van der Waals surface area contributed by atoms with Crippen LogP contribution < -0.4 is 9.47 Å². The van der Waals surface area contributed by atoms with Gasteiger partial charge in [0.15, 0.2) is 0 Å². The molecule has 0 aliphatic rings. The number of halogens is 1. The number of aromatic nitrogens is 2. The smallest absolute Gasteiger partial charge is 0.221 e. The Morgan fingerprint density at radius 2 is 1.80 bits per heavy atom. The van der Waals surface area contributed by atoms with Crippen LogP contribution in [0.2, 0.25) is 5.15 Å². The fourth-order valence-corrected chi connectivity index (χ4v) is 1.99. The van der Waals surface area contributed by atoms with Crippen molar-refractivity contribution in [3.63, 3.8) is 0 Å². The zero-order valence-electron chi connectivity index (χ0n) is 11.4. The fourth-order valence-electron chi connectivity index (χ4n) is 1.78. The molecule has 0 atom stereocenters. The largest absolute Gasteiger partial charge is 0.490 e. The van der Waals surface area contributed by atoms with Gasteiger partial charge in [-0.3, -0.25) is 0 Å². The van der Waals surface area contributed by atoms with Crippen molar-refractivity contribution in [1.29, 1.82) is 0 Å². The van der Waals surface area contributed by atoms with E-state index in [0.717, 1.165) is 24.2 Å². The first-order chi connectivity index (χ1) is 9.81. The first-order valence-electron chi connectivity index (χ1n) is 6.61. The van der Waals surface area contributed by atoms with Gasteiger partial charge in [-0.2, -0.15) is 0 Å². The van der Waals surface area contributed by atoms with Gasteiger partial charge in [-0.15, -0.1) is 0 Å². The summed E-state index contributed by atoms with van der Waals surface area (Å²) >= 11 is 6.05. The lowest BCUT2D eigenvalue weighted by Crippen LogP contribution is -2.11. The van der Waals surface area contributed by atoms with E-state index in [1.165, 1.54) is 6.33 Å². The van der Waals surface area contributed by atoms with Crippen molar-refractivity contribution >= 4 is 11.6 Å². The standard InChI is InChI=1S/C15H17ClN2O2/c1-2-6-13-14(16)17-11-18-15(13)20-10-9-19-12-7-4-3-5-8-12/h3-5,7-8,11H,2,6,9-10H2,1H3. The van der Waals surface area contributed by atoms with Crippen molar-refractivity contribution < 1.29 is 9.47 Å². The number of hydrogen-bond donors (Lipinski definition) is 0. The van der Waals surface area contributed by atoms with E-state index in [9.17, 15) is 0 Å². The molecule has 0 radical (unpaired) electrons. The molecule has 0 aliphatic carbocycles. The molecule has 0 unspecified atom stereocenters. The van der Waals surface area contributed by atoms with Gasteiger partial charge in [-0.1, -0.05) is 43.1 Å². The normalized spacial score (nSPS) is 10.3. The van der Waals surface area contributed by atoms with Gasteiger partial charge in [0.1, 0.15) is 30.4 Å². The van der Waals surface area contributed by atoms with Gasteiger partial charge in [0.2, 0.25) is 5.88 Å². The minimum absolute atomic E-state index is 0.416. The van der Waals surface area contributed by atoms with Crippen LogP contribution in [0.3, 0.4) is 0 Å². The molecule has 5 heteroatoms. The molecule has 4 nitrogen and oxygen atoms in total. The summed E-state index contributed by atoms with van der Waals surface area (Å²) in [6.07, 6.45) is 3.17. The third-order valence-corrected chi connectivity index (χ3v) is 3.01. The predicted molar refractivity (Wildman–Crippen MR) is 78.5 cm³/mol. The maximum atomic E-state index is 6.05. The number of ether oxygens (including phenoxy) is 2. The Bertz CT molecular complexity index is 535. The average Bonchev–Trinajstić information content (AvgIpc) is 2.48. The van der Waals surface area contributed by atoms with Crippen LogP contribution >= 0.6 is 11.6 Å². The van der Waals surface area contributed by atoms with E-state index >= 15 is 0 Å². The molecular formula is C15H17ClN2O2. The number of benzene rings is 1. The van der Waals surface area contributed by atoms with Gasteiger partial charge in [0.25, 0.3) is 0 Å². The van der Waals surface area contributed by atoms with Gasteiger partial charge < -0.3 is 9.47 Å². The van der Waals surface area contributed by atoms with Crippen molar-refractivity contribution in [1.82, 2.24) is 9.97 Å². The molecule has 20 heavy (non-hydrogen) atoms. The monoisotopic (exact) mass is 292 g/mol. The Labute approximate surface area is 123 Å². The summed E-state index contributed by atoms with van der Waals surface area (Å²) in [7, 11) is 0. The molecule has 0 aliphatic heterocycles. The van der Waals surface area contributed by atoms with Gasteiger partial charge in [-0.05, 0) is 18.6 Å². The van der Waals surface area contributed by atoms with Gasteiger partial charge in [-0.25, -0.2) is 9.97 Å². The molecule has 0 amide bonds. The molecule has 106 valence electrons. The van der Waals surface area contributed by atoms with Crippen LogP contribution in [0.5, 0.6) is 11.6 Å². The number of hydrogen-bond acceptors (Lipinski definition) is 4. The second kappa shape index (κ2) is 7.70. The maximum absolute atomic E-state index is 6.05. The second-order valence-electron chi connectivity index (χ2n) is 4.21. The van der Waals surface area contributed by atoms with Crippen LogP contribution in [0.15, 0.2) is 36.7 Å². The van der Waals surface area contributed by atoms with E-state index in [1.54, 1.807) is 0 Å². The highest BCUT2D eigenvalue weighted by Gasteiger charge is 2.10. The summed E-state index contributed by atoms with van der Waals surface area (Å²) in [5.41, 5.74) is 0.858. The van der Waals surface area contributed by atoms with E-state index in [4.69, 9.17) is 21.1 Å². The van der Waals surface area contributed by atoms with Crippen molar-refractivity contribution in [3.8, 4) is 11.6 Å². The lowest BCUT2D eigenvalue weighted by atomic mass is 10.2. The molecular weight excluding hydrogens is 276 g/mol. The minimum Gasteiger partial charge on any atom is -0.490 e. The molecule has 0 bridgehead atoms. The Kier molecular flexibility index (Phi) is 5.62. The lowest BCUT2D eigenvalue weighted by molar-refractivity contribution is 0.210. The highest BCUT2D eigenvalue weighted by atomic mass is 35.5. The van der Waals surface area contributed by atoms with E-state index in [0.29, 0.717) is 24.2 Å². The predicted octanol–water partition coefficient (Wildman–Crippen LogP) is 3.54. The summed E-state index contributed by atoms with van der Waals surface area (Å²) in [5, 5.41) is 0.459. The third kappa shape index (κ3) is 4.10. The van der Waals surface area contributed by atoms with E-state index < -0.39 is 0 Å². The summed E-state index contributed by atoms with van der Waals surface area (Å²) < 4.78 is 11.2. The van der Waals surface area contributed by atoms with E-state index in [2.05, 4.69) is 16.9 Å². The molecule has 2 rings (SSSR count). The summed E-state index contributed by atoms with van der Waals surface area (Å²) in [6, 6.07) is 9.62. The molecule has 0 saturated carbocycles. The van der Waals surface area contributed by atoms with Crippen LogP contribution in [0.1, 0.15) is 18.9 Å². The zero-order chi connectivity index (χ0) is 14.2. The van der Waals surface area contributed by atoms with E-state index in [1.807, 2.05) is 30.3 Å². The number of rotatable bonds is 7. The maximum Gasteiger partial charge on any atom is 0.221 e. The minimum atomic E-state index is 0.416. The molecule has 2 aromatic rings. The molecule has 0 N–H and O–H groups in total. The van der Waals surface area contributed by atoms with Crippen LogP contribution in [-0.4, -0.2) is 23.2 Å². The van der Waals surface area contributed by atoms with Crippen molar-refractivity contribution in [2.24, 2.45) is 0 Å².